The average Bonchev–Trinajstić information content (AvgIpc) is 2.48. The lowest BCUT2D eigenvalue weighted by Crippen LogP contribution is -2.31. The molecule has 1 aromatic carbocycles. The summed E-state index contributed by atoms with van der Waals surface area (Å²) in [7, 11) is 0. The molecule has 0 aliphatic heterocycles. The van der Waals surface area contributed by atoms with E-state index in [-0.39, 0.29) is 6.04 Å². The third-order valence-corrected chi connectivity index (χ3v) is 2.86. The number of rotatable bonds is 7. The van der Waals surface area contributed by atoms with Crippen molar-refractivity contribution in [2.75, 3.05) is 18.5 Å². The second-order valence-corrected chi connectivity index (χ2v) is 4.42. The van der Waals surface area contributed by atoms with Gasteiger partial charge in [-0.1, -0.05) is 30.3 Å². The summed E-state index contributed by atoms with van der Waals surface area (Å²) >= 11 is 0. The van der Waals surface area contributed by atoms with Crippen molar-refractivity contribution in [2.45, 2.75) is 19.4 Å². The fourth-order valence-electron chi connectivity index (χ4n) is 1.91. The van der Waals surface area contributed by atoms with Crippen molar-refractivity contribution >= 4 is 5.95 Å². The lowest BCUT2D eigenvalue weighted by molar-refractivity contribution is 0.326. The smallest absolute Gasteiger partial charge is 0.226 e. The largest absolute Gasteiger partial charge is 0.478 e. The van der Waals surface area contributed by atoms with Crippen molar-refractivity contribution in [3.63, 3.8) is 0 Å². The molecule has 0 bridgehead atoms. The van der Waals surface area contributed by atoms with Crippen LogP contribution in [-0.2, 0) is 6.42 Å². The molecule has 0 saturated carbocycles. The van der Waals surface area contributed by atoms with Gasteiger partial charge in [0.2, 0.25) is 11.8 Å². The van der Waals surface area contributed by atoms with Gasteiger partial charge < -0.3 is 15.8 Å². The van der Waals surface area contributed by atoms with Crippen LogP contribution in [0.2, 0.25) is 0 Å². The minimum absolute atomic E-state index is 0.0919. The number of anilines is 1. The van der Waals surface area contributed by atoms with E-state index in [2.05, 4.69) is 27.4 Å². The zero-order valence-electron chi connectivity index (χ0n) is 11.6. The summed E-state index contributed by atoms with van der Waals surface area (Å²) in [5, 5.41) is 3.25. The molecule has 106 valence electrons. The molecular formula is C15H20N4O. The molecular weight excluding hydrogens is 252 g/mol. The van der Waals surface area contributed by atoms with Gasteiger partial charge in [-0.25, -0.2) is 4.98 Å². The van der Waals surface area contributed by atoms with Gasteiger partial charge in [-0.2, -0.15) is 4.98 Å². The number of nitrogens with one attached hydrogen (secondary N) is 1. The molecule has 0 saturated heterocycles. The molecule has 0 fully saturated rings. The van der Waals surface area contributed by atoms with Gasteiger partial charge in [-0.3, -0.25) is 0 Å². The highest BCUT2D eigenvalue weighted by molar-refractivity contribution is 5.30. The first-order chi connectivity index (χ1) is 9.81. The molecule has 0 aliphatic carbocycles. The number of benzene rings is 1. The molecule has 20 heavy (non-hydrogen) atoms. The molecule has 2 aromatic rings. The van der Waals surface area contributed by atoms with E-state index >= 15 is 0 Å². The minimum Gasteiger partial charge on any atom is -0.478 e. The maximum absolute atomic E-state index is 5.82. The Bertz CT molecular complexity index is 518. The topological polar surface area (TPSA) is 73.1 Å². The lowest BCUT2D eigenvalue weighted by Gasteiger charge is -2.17. The molecule has 0 radical (unpaired) electrons. The van der Waals surface area contributed by atoms with E-state index in [1.807, 2.05) is 25.1 Å². The first-order valence-electron chi connectivity index (χ1n) is 6.78. The fraction of sp³-hybridized carbons (Fsp3) is 0.333. The Labute approximate surface area is 119 Å². The second-order valence-electron chi connectivity index (χ2n) is 4.42. The SMILES string of the molecule is CCOc1ccnc(NC(CN)Cc2ccccc2)n1. The average molecular weight is 272 g/mol. The van der Waals surface area contributed by atoms with Gasteiger partial charge in [0.05, 0.1) is 6.61 Å². The highest BCUT2D eigenvalue weighted by Crippen LogP contribution is 2.11. The normalized spacial score (nSPS) is 11.9. The standard InChI is InChI=1S/C15H20N4O/c1-2-20-14-8-9-17-15(19-14)18-13(11-16)10-12-6-4-3-5-7-12/h3-9,13H,2,10-11,16H2,1H3,(H,17,18,19). The van der Waals surface area contributed by atoms with Crippen molar-refractivity contribution < 1.29 is 4.74 Å². The van der Waals surface area contributed by atoms with Crippen LogP contribution in [0.25, 0.3) is 0 Å². The van der Waals surface area contributed by atoms with Gasteiger partial charge in [0, 0.05) is 24.8 Å². The maximum atomic E-state index is 5.82. The predicted octanol–water partition coefficient (Wildman–Crippen LogP) is 1.86. The van der Waals surface area contributed by atoms with Crippen LogP contribution < -0.4 is 15.8 Å². The quantitative estimate of drug-likeness (QED) is 0.805. The first-order valence-corrected chi connectivity index (χ1v) is 6.78. The summed E-state index contributed by atoms with van der Waals surface area (Å²) in [6, 6.07) is 12.1. The van der Waals surface area contributed by atoms with Gasteiger partial charge in [0.15, 0.2) is 0 Å². The Morgan fingerprint density at radius 1 is 1.25 bits per heavy atom. The summed E-state index contributed by atoms with van der Waals surface area (Å²) in [6.07, 6.45) is 2.51. The third-order valence-electron chi connectivity index (χ3n) is 2.86. The number of hydrogen-bond donors (Lipinski definition) is 2. The van der Waals surface area contributed by atoms with Crippen LogP contribution in [0.3, 0.4) is 0 Å². The van der Waals surface area contributed by atoms with E-state index in [1.165, 1.54) is 5.56 Å². The third kappa shape index (κ3) is 4.20. The summed E-state index contributed by atoms with van der Waals surface area (Å²) in [6.45, 7) is 3.02. The Balaban J connectivity index is 2.00. The zero-order valence-corrected chi connectivity index (χ0v) is 11.6. The maximum Gasteiger partial charge on any atom is 0.226 e. The molecule has 5 nitrogen and oxygen atoms in total. The van der Waals surface area contributed by atoms with E-state index in [0.717, 1.165) is 6.42 Å². The molecule has 2 rings (SSSR count). The Hall–Kier alpha value is -2.14. The Kier molecular flexibility index (Phi) is 5.32. The van der Waals surface area contributed by atoms with Gasteiger partial charge in [-0.05, 0) is 18.9 Å². The van der Waals surface area contributed by atoms with Crippen LogP contribution in [0.5, 0.6) is 5.88 Å². The van der Waals surface area contributed by atoms with Crippen molar-refractivity contribution in [1.29, 1.82) is 0 Å². The molecule has 0 spiro atoms. The molecule has 1 unspecified atom stereocenters. The van der Waals surface area contributed by atoms with Crippen LogP contribution >= 0.6 is 0 Å². The van der Waals surface area contributed by atoms with Crippen LogP contribution in [0.15, 0.2) is 42.6 Å². The van der Waals surface area contributed by atoms with Crippen LogP contribution in [-0.4, -0.2) is 29.2 Å². The van der Waals surface area contributed by atoms with Crippen LogP contribution in [0, 0.1) is 0 Å². The fourth-order valence-corrected chi connectivity index (χ4v) is 1.91. The summed E-state index contributed by atoms with van der Waals surface area (Å²) in [5.41, 5.74) is 7.05. The molecule has 0 amide bonds. The summed E-state index contributed by atoms with van der Waals surface area (Å²) < 4.78 is 5.36. The van der Waals surface area contributed by atoms with Gasteiger partial charge >= 0.3 is 0 Å². The Morgan fingerprint density at radius 3 is 2.75 bits per heavy atom. The summed E-state index contributed by atoms with van der Waals surface area (Å²) in [4.78, 5) is 8.49. The van der Waals surface area contributed by atoms with E-state index in [1.54, 1.807) is 12.3 Å². The summed E-state index contributed by atoms with van der Waals surface area (Å²) in [5.74, 6) is 1.11. The lowest BCUT2D eigenvalue weighted by atomic mass is 10.1. The molecule has 0 aliphatic rings. The predicted molar refractivity (Wildman–Crippen MR) is 79.8 cm³/mol. The van der Waals surface area contributed by atoms with Crippen LogP contribution in [0.1, 0.15) is 12.5 Å². The first kappa shape index (κ1) is 14.3. The Morgan fingerprint density at radius 2 is 2.05 bits per heavy atom. The van der Waals surface area contributed by atoms with Crippen molar-refractivity contribution in [3.05, 3.63) is 48.2 Å². The highest BCUT2D eigenvalue weighted by Gasteiger charge is 2.09. The van der Waals surface area contributed by atoms with Crippen molar-refractivity contribution in [2.24, 2.45) is 5.73 Å². The molecule has 1 heterocycles. The number of aromatic nitrogens is 2. The van der Waals surface area contributed by atoms with E-state index in [0.29, 0.717) is 25.0 Å². The number of ether oxygens (including phenoxy) is 1. The van der Waals surface area contributed by atoms with E-state index in [4.69, 9.17) is 10.5 Å². The number of hydrogen-bond acceptors (Lipinski definition) is 5. The molecule has 3 N–H and O–H groups in total. The van der Waals surface area contributed by atoms with Gasteiger partial charge in [-0.15, -0.1) is 0 Å². The van der Waals surface area contributed by atoms with Gasteiger partial charge in [0.1, 0.15) is 0 Å². The van der Waals surface area contributed by atoms with Crippen molar-refractivity contribution in [3.8, 4) is 5.88 Å². The molecule has 1 atom stereocenters. The van der Waals surface area contributed by atoms with Crippen LogP contribution in [0.4, 0.5) is 5.95 Å². The van der Waals surface area contributed by atoms with E-state index < -0.39 is 0 Å². The highest BCUT2D eigenvalue weighted by atomic mass is 16.5. The van der Waals surface area contributed by atoms with Crippen molar-refractivity contribution in [1.82, 2.24) is 9.97 Å². The number of nitrogens with two attached hydrogens (primary N) is 1. The van der Waals surface area contributed by atoms with Gasteiger partial charge in [0.25, 0.3) is 0 Å². The zero-order chi connectivity index (χ0) is 14.2. The second kappa shape index (κ2) is 7.45. The number of nitrogens with zero attached hydrogens (tertiary/aromatic N) is 2. The monoisotopic (exact) mass is 272 g/mol. The molecule has 5 heteroatoms. The molecule has 1 aromatic heterocycles. The van der Waals surface area contributed by atoms with E-state index in [9.17, 15) is 0 Å². The minimum atomic E-state index is 0.0919.